The second-order valence-electron chi connectivity index (χ2n) is 6.86. The van der Waals surface area contributed by atoms with Gasteiger partial charge in [0.15, 0.2) is 11.5 Å². The van der Waals surface area contributed by atoms with Crippen LogP contribution in [0.15, 0.2) is 42.5 Å². The van der Waals surface area contributed by atoms with E-state index in [2.05, 4.69) is 5.32 Å². The average molecular weight is 421 g/mol. The van der Waals surface area contributed by atoms with Crippen molar-refractivity contribution in [3.05, 3.63) is 53.6 Å². The van der Waals surface area contributed by atoms with Crippen LogP contribution in [-0.4, -0.2) is 51.2 Å². The smallest absolute Gasteiger partial charge is 0.254 e. The monoisotopic (exact) mass is 420 g/mol. The molecule has 0 aliphatic carbocycles. The molecule has 7 heteroatoms. The number of likely N-dealkylation sites (N-methyl/N-ethyl adjacent to an activating group) is 1. The van der Waals surface area contributed by atoms with Crippen molar-refractivity contribution in [2.24, 2.45) is 0 Å². The van der Waals surface area contributed by atoms with Crippen LogP contribution in [0.2, 0.25) is 0 Å². The third kappa shape index (κ3) is 5.55. The lowest BCUT2D eigenvalue weighted by atomic mass is 10.0. The van der Waals surface area contributed by atoms with Crippen molar-refractivity contribution in [3.63, 3.8) is 0 Å². The molecule has 1 fully saturated rings. The minimum absolute atomic E-state index is 0. The molecule has 1 aliphatic heterocycles. The summed E-state index contributed by atoms with van der Waals surface area (Å²) in [4.78, 5) is 14.9. The normalized spacial score (nSPS) is 16.0. The molecule has 3 rings (SSSR count). The number of likely N-dealkylation sites (tertiary alicyclic amines) is 1. The van der Waals surface area contributed by atoms with Crippen LogP contribution in [-0.2, 0) is 6.61 Å². The molecule has 0 aromatic heterocycles. The van der Waals surface area contributed by atoms with Crippen molar-refractivity contribution in [1.29, 1.82) is 0 Å². The predicted molar refractivity (Wildman–Crippen MR) is 116 cm³/mol. The summed E-state index contributed by atoms with van der Waals surface area (Å²) in [6, 6.07) is 13.7. The SMILES string of the molecule is CNC1CCCN(C(=O)c2cc(OC)c(OCc3ccccc3)c(OC)c2)C1.Cl. The zero-order valence-electron chi connectivity index (χ0n) is 17.1. The Morgan fingerprint density at radius 3 is 2.38 bits per heavy atom. The molecule has 1 aliphatic rings. The molecule has 0 radical (unpaired) electrons. The number of methoxy groups -OCH3 is 2. The first kappa shape index (κ1) is 22.8. The lowest BCUT2D eigenvalue weighted by Gasteiger charge is -2.32. The Morgan fingerprint density at radius 1 is 1.14 bits per heavy atom. The van der Waals surface area contributed by atoms with Gasteiger partial charge in [-0.1, -0.05) is 30.3 Å². The topological polar surface area (TPSA) is 60.0 Å². The maximum absolute atomic E-state index is 13.0. The third-order valence-electron chi connectivity index (χ3n) is 5.05. The number of nitrogens with zero attached hydrogens (tertiary/aromatic N) is 1. The molecule has 0 spiro atoms. The fourth-order valence-corrected chi connectivity index (χ4v) is 3.46. The van der Waals surface area contributed by atoms with E-state index in [1.54, 1.807) is 26.4 Å². The van der Waals surface area contributed by atoms with E-state index in [1.807, 2.05) is 42.3 Å². The highest BCUT2D eigenvalue weighted by atomic mass is 35.5. The minimum atomic E-state index is -0.0221. The van der Waals surface area contributed by atoms with Crippen molar-refractivity contribution in [3.8, 4) is 17.2 Å². The number of carbonyl (C=O) groups excluding carboxylic acids is 1. The van der Waals surface area contributed by atoms with Gasteiger partial charge in [0.05, 0.1) is 14.2 Å². The standard InChI is InChI=1S/C22H28N2O4.ClH/c1-23-18-10-7-11-24(14-18)22(25)17-12-19(26-2)21(20(13-17)27-3)28-15-16-8-5-4-6-9-16;/h4-6,8-9,12-13,18,23H,7,10-11,14-15H2,1-3H3;1H. The second-order valence-corrected chi connectivity index (χ2v) is 6.86. The number of amides is 1. The van der Waals surface area contributed by atoms with Gasteiger partial charge in [-0.2, -0.15) is 0 Å². The molecule has 1 N–H and O–H groups in total. The lowest BCUT2D eigenvalue weighted by Crippen LogP contribution is -2.46. The summed E-state index contributed by atoms with van der Waals surface area (Å²) < 4.78 is 17.0. The Balaban J connectivity index is 0.00000300. The largest absolute Gasteiger partial charge is 0.493 e. The maximum atomic E-state index is 13.0. The third-order valence-corrected chi connectivity index (χ3v) is 5.05. The first-order chi connectivity index (χ1) is 13.7. The molecule has 1 atom stereocenters. The minimum Gasteiger partial charge on any atom is -0.493 e. The van der Waals surface area contributed by atoms with Gasteiger partial charge in [-0.15, -0.1) is 12.4 Å². The fourth-order valence-electron chi connectivity index (χ4n) is 3.46. The van der Waals surface area contributed by atoms with Crippen LogP contribution in [0.4, 0.5) is 0 Å². The molecule has 1 amide bonds. The molecule has 29 heavy (non-hydrogen) atoms. The van der Waals surface area contributed by atoms with E-state index in [9.17, 15) is 4.79 Å². The van der Waals surface area contributed by atoms with Gasteiger partial charge < -0.3 is 24.4 Å². The molecule has 158 valence electrons. The second kappa shape index (κ2) is 10.9. The van der Waals surface area contributed by atoms with Gasteiger partial charge >= 0.3 is 0 Å². The lowest BCUT2D eigenvalue weighted by molar-refractivity contribution is 0.0697. The number of halogens is 1. The Bertz CT molecular complexity index is 776. The van der Waals surface area contributed by atoms with Gasteiger partial charge in [0.1, 0.15) is 6.61 Å². The van der Waals surface area contributed by atoms with E-state index in [1.165, 1.54) is 0 Å². The van der Waals surface area contributed by atoms with Crippen molar-refractivity contribution >= 4 is 18.3 Å². The van der Waals surface area contributed by atoms with Crippen LogP contribution >= 0.6 is 12.4 Å². The quantitative estimate of drug-likeness (QED) is 0.742. The first-order valence-electron chi connectivity index (χ1n) is 9.55. The van der Waals surface area contributed by atoms with E-state index in [4.69, 9.17) is 14.2 Å². The van der Waals surface area contributed by atoms with Crippen LogP contribution < -0.4 is 19.5 Å². The molecule has 2 aromatic carbocycles. The Labute approximate surface area is 178 Å². The van der Waals surface area contributed by atoms with Gasteiger partial charge in [0, 0.05) is 24.7 Å². The van der Waals surface area contributed by atoms with Crippen molar-refractivity contribution in [1.82, 2.24) is 10.2 Å². The molecule has 1 heterocycles. The number of carbonyl (C=O) groups is 1. The van der Waals surface area contributed by atoms with Crippen LogP contribution in [0.25, 0.3) is 0 Å². The number of benzene rings is 2. The van der Waals surface area contributed by atoms with Crippen molar-refractivity contribution in [2.75, 3.05) is 34.4 Å². The molecule has 0 bridgehead atoms. The van der Waals surface area contributed by atoms with Crippen molar-refractivity contribution < 1.29 is 19.0 Å². The number of ether oxygens (including phenoxy) is 3. The predicted octanol–water partition coefficient (Wildman–Crippen LogP) is 3.53. The average Bonchev–Trinajstić information content (AvgIpc) is 2.77. The summed E-state index contributed by atoms with van der Waals surface area (Å²) >= 11 is 0. The molecule has 0 saturated carbocycles. The zero-order valence-corrected chi connectivity index (χ0v) is 18.0. The Morgan fingerprint density at radius 2 is 1.79 bits per heavy atom. The highest BCUT2D eigenvalue weighted by Gasteiger charge is 2.26. The van der Waals surface area contributed by atoms with Gasteiger partial charge in [-0.3, -0.25) is 4.79 Å². The van der Waals surface area contributed by atoms with Crippen molar-refractivity contribution in [2.45, 2.75) is 25.5 Å². The number of piperidine rings is 1. The van der Waals surface area contributed by atoms with Gasteiger partial charge in [0.25, 0.3) is 5.91 Å². The molecular weight excluding hydrogens is 392 g/mol. The highest BCUT2D eigenvalue weighted by molar-refractivity contribution is 5.95. The van der Waals surface area contributed by atoms with E-state index in [0.29, 0.717) is 42.0 Å². The van der Waals surface area contributed by atoms with E-state index >= 15 is 0 Å². The van der Waals surface area contributed by atoms with Gasteiger partial charge in [-0.05, 0) is 37.6 Å². The molecule has 2 aromatic rings. The summed E-state index contributed by atoms with van der Waals surface area (Å²) in [5, 5.41) is 3.26. The van der Waals surface area contributed by atoms with Gasteiger partial charge in [-0.25, -0.2) is 0 Å². The molecule has 1 saturated heterocycles. The molecular formula is C22H29ClN2O4. The first-order valence-corrected chi connectivity index (χ1v) is 9.55. The highest BCUT2D eigenvalue weighted by Crippen LogP contribution is 2.39. The summed E-state index contributed by atoms with van der Waals surface area (Å²) in [7, 11) is 5.07. The number of nitrogens with one attached hydrogen (secondary N) is 1. The fraction of sp³-hybridized carbons (Fsp3) is 0.409. The molecule has 1 unspecified atom stereocenters. The van der Waals surface area contributed by atoms with E-state index in [0.717, 1.165) is 24.9 Å². The number of hydrogen-bond acceptors (Lipinski definition) is 5. The van der Waals surface area contributed by atoms with Crippen LogP contribution in [0, 0.1) is 0 Å². The maximum Gasteiger partial charge on any atom is 0.254 e. The zero-order chi connectivity index (χ0) is 19.9. The number of hydrogen-bond donors (Lipinski definition) is 1. The summed E-state index contributed by atoms with van der Waals surface area (Å²) in [5.74, 6) is 1.45. The summed E-state index contributed by atoms with van der Waals surface area (Å²) in [6.45, 7) is 1.84. The molecule has 6 nitrogen and oxygen atoms in total. The summed E-state index contributed by atoms with van der Waals surface area (Å²) in [5.41, 5.74) is 1.58. The van der Waals surface area contributed by atoms with Crippen LogP contribution in [0.1, 0.15) is 28.8 Å². The number of rotatable bonds is 7. The summed E-state index contributed by atoms with van der Waals surface area (Å²) in [6.07, 6.45) is 2.07. The van der Waals surface area contributed by atoms with Gasteiger partial charge in [0.2, 0.25) is 5.75 Å². The Hall–Kier alpha value is -2.44. The van der Waals surface area contributed by atoms with E-state index in [-0.39, 0.29) is 18.3 Å². The van der Waals surface area contributed by atoms with Crippen LogP contribution in [0.5, 0.6) is 17.2 Å². The van der Waals surface area contributed by atoms with E-state index < -0.39 is 0 Å². The van der Waals surface area contributed by atoms with Crippen LogP contribution in [0.3, 0.4) is 0 Å². The Kier molecular flexibility index (Phi) is 8.61.